The first-order valence-corrected chi connectivity index (χ1v) is 7.20. The lowest BCUT2D eigenvalue weighted by molar-refractivity contribution is 0.509. The van der Waals surface area contributed by atoms with E-state index in [2.05, 4.69) is 59.1 Å². The molecule has 0 spiro atoms. The molecular formula is C17H20N4. The fourth-order valence-electron chi connectivity index (χ4n) is 2.82. The van der Waals surface area contributed by atoms with E-state index >= 15 is 0 Å². The van der Waals surface area contributed by atoms with Crippen LogP contribution in [-0.4, -0.2) is 9.78 Å². The summed E-state index contributed by atoms with van der Waals surface area (Å²) in [6.07, 6.45) is 3.71. The van der Waals surface area contributed by atoms with Crippen LogP contribution in [0.25, 0.3) is 10.8 Å². The van der Waals surface area contributed by atoms with Gasteiger partial charge in [0, 0.05) is 25.0 Å². The molecule has 0 amide bonds. The zero-order valence-corrected chi connectivity index (χ0v) is 12.2. The molecule has 0 saturated carbocycles. The van der Waals surface area contributed by atoms with Crippen LogP contribution in [-0.2, 0) is 13.5 Å². The van der Waals surface area contributed by atoms with E-state index in [4.69, 9.17) is 5.84 Å². The Kier molecular flexibility index (Phi) is 3.99. The Morgan fingerprint density at radius 2 is 1.95 bits per heavy atom. The van der Waals surface area contributed by atoms with Crippen LogP contribution < -0.4 is 11.3 Å². The first-order chi connectivity index (χ1) is 10.3. The molecule has 2 aromatic carbocycles. The second-order valence-electron chi connectivity index (χ2n) is 5.27. The molecule has 0 fully saturated rings. The maximum atomic E-state index is 5.80. The number of nitrogens with two attached hydrogens (primary N) is 1. The normalized spacial score (nSPS) is 12.7. The average molecular weight is 280 g/mol. The number of benzene rings is 2. The van der Waals surface area contributed by atoms with Gasteiger partial charge in [-0.2, -0.15) is 5.10 Å². The van der Waals surface area contributed by atoms with Crippen LogP contribution in [0.5, 0.6) is 0 Å². The first-order valence-electron chi connectivity index (χ1n) is 7.20. The molecule has 0 radical (unpaired) electrons. The minimum absolute atomic E-state index is 0.131. The molecule has 3 rings (SSSR count). The third-order valence-corrected chi connectivity index (χ3v) is 4.01. The molecular weight excluding hydrogens is 260 g/mol. The van der Waals surface area contributed by atoms with Crippen molar-refractivity contribution in [3.63, 3.8) is 0 Å². The Morgan fingerprint density at radius 3 is 2.71 bits per heavy atom. The summed E-state index contributed by atoms with van der Waals surface area (Å²) < 4.78 is 1.91. The van der Waals surface area contributed by atoms with Crippen LogP contribution >= 0.6 is 0 Å². The van der Waals surface area contributed by atoms with Gasteiger partial charge >= 0.3 is 0 Å². The van der Waals surface area contributed by atoms with Crippen molar-refractivity contribution >= 4 is 10.8 Å². The standard InChI is InChI=1S/C17H20N4/c1-21-14(11-12-19-21)9-10-17(20-18)16-8-4-6-13-5-2-3-7-15(13)16/h2-8,11-12,17,20H,9-10,18H2,1H3. The van der Waals surface area contributed by atoms with Gasteiger partial charge in [0.05, 0.1) is 0 Å². The quantitative estimate of drug-likeness (QED) is 0.558. The summed E-state index contributed by atoms with van der Waals surface area (Å²) in [5.74, 6) is 5.80. The van der Waals surface area contributed by atoms with Gasteiger partial charge in [-0.3, -0.25) is 16.0 Å². The van der Waals surface area contributed by atoms with Crippen molar-refractivity contribution in [2.45, 2.75) is 18.9 Å². The monoisotopic (exact) mass is 280 g/mol. The van der Waals surface area contributed by atoms with Gasteiger partial charge in [0.15, 0.2) is 0 Å². The Labute approximate surface area is 124 Å². The lowest BCUT2D eigenvalue weighted by Gasteiger charge is -2.18. The Hall–Kier alpha value is -2.17. The van der Waals surface area contributed by atoms with E-state index < -0.39 is 0 Å². The maximum Gasteiger partial charge on any atom is 0.0492 e. The molecule has 108 valence electrons. The van der Waals surface area contributed by atoms with Gasteiger partial charge in [0.25, 0.3) is 0 Å². The highest BCUT2D eigenvalue weighted by atomic mass is 15.3. The summed E-state index contributed by atoms with van der Waals surface area (Å²) in [7, 11) is 1.97. The van der Waals surface area contributed by atoms with Crippen molar-refractivity contribution in [2.75, 3.05) is 0 Å². The summed E-state index contributed by atoms with van der Waals surface area (Å²) in [6.45, 7) is 0. The van der Waals surface area contributed by atoms with Crippen LogP contribution in [0.2, 0.25) is 0 Å². The topological polar surface area (TPSA) is 55.9 Å². The number of rotatable bonds is 5. The third-order valence-electron chi connectivity index (χ3n) is 4.01. The fraction of sp³-hybridized carbons (Fsp3) is 0.235. The highest BCUT2D eigenvalue weighted by Crippen LogP contribution is 2.26. The molecule has 4 heteroatoms. The van der Waals surface area contributed by atoms with E-state index in [1.807, 2.05) is 17.9 Å². The van der Waals surface area contributed by atoms with Crippen molar-refractivity contribution < 1.29 is 0 Å². The number of nitrogens with one attached hydrogen (secondary N) is 1. The average Bonchev–Trinajstić information content (AvgIpc) is 2.93. The van der Waals surface area contributed by atoms with E-state index in [1.165, 1.54) is 22.0 Å². The molecule has 0 aliphatic heterocycles. The Balaban J connectivity index is 1.86. The summed E-state index contributed by atoms with van der Waals surface area (Å²) in [6, 6.07) is 17.0. The molecule has 4 nitrogen and oxygen atoms in total. The van der Waals surface area contributed by atoms with E-state index in [0.29, 0.717) is 0 Å². The molecule has 0 bridgehead atoms. The molecule has 0 aliphatic rings. The molecule has 1 heterocycles. The number of aryl methyl sites for hydroxylation is 2. The Bertz CT molecular complexity index is 727. The highest BCUT2D eigenvalue weighted by Gasteiger charge is 2.13. The molecule has 21 heavy (non-hydrogen) atoms. The molecule has 3 aromatic rings. The minimum Gasteiger partial charge on any atom is -0.273 e. The molecule has 1 aromatic heterocycles. The highest BCUT2D eigenvalue weighted by molar-refractivity contribution is 5.86. The zero-order valence-electron chi connectivity index (χ0n) is 12.2. The minimum atomic E-state index is 0.131. The van der Waals surface area contributed by atoms with Crippen LogP contribution in [0, 0.1) is 0 Å². The van der Waals surface area contributed by atoms with Crippen molar-refractivity contribution in [3.8, 4) is 0 Å². The summed E-state index contributed by atoms with van der Waals surface area (Å²) in [5.41, 5.74) is 5.43. The number of hydrogen-bond donors (Lipinski definition) is 2. The first kappa shape index (κ1) is 13.8. The van der Waals surface area contributed by atoms with Gasteiger partial charge in [-0.1, -0.05) is 42.5 Å². The summed E-state index contributed by atoms with van der Waals surface area (Å²) in [5, 5.41) is 6.71. The predicted molar refractivity (Wildman–Crippen MR) is 85.5 cm³/mol. The van der Waals surface area contributed by atoms with Crippen molar-refractivity contribution in [1.29, 1.82) is 0 Å². The van der Waals surface area contributed by atoms with Crippen LogP contribution in [0.3, 0.4) is 0 Å². The van der Waals surface area contributed by atoms with E-state index in [9.17, 15) is 0 Å². The van der Waals surface area contributed by atoms with Crippen molar-refractivity contribution in [1.82, 2.24) is 15.2 Å². The lowest BCUT2D eigenvalue weighted by atomic mass is 9.95. The van der Waals surface area contributed by atoms with Gasteiger partial charge in [0.2, 0.25) is 0 Å². The van der Waals surface area contributed by atoms with Crippen molar-refractivity contribution in [2.24, 2.45) is 12.9 Å². The number of nitrogens with zero attached hydrogens (tertiary/aromatic N) is 2. The summed E-state index contributed by atoms with van der Waals surface area (Å²) in [4.78, 5) is 0. The van der Waals surface area contributed by atoms with Gasteiger partial charge < -0.3 is 0 Å². The van der Waals surface area contributed by atoms with Crippen LogP contribution in [0.4, 0.5) is 0 Å². The maximum absolute atomic E-state index is 5.80. The van der Waals surface area contributed by atoms with E-state index in [-0.39, 0.29) is 6.04 Å². The number of aromatic nitrogens is 2. The largest absolute Gasteiger partial charge is 0.273 e. The van der Waals surface area contributed by atoms with Gasteiger partial charge in [-0.15, -0.1) is 0 Å². The number of hydrazine groups is 1. The zero-order chi connectivity index (χ0) is 14.7. The van der Waals surface area contributed by atoms with Crippen molar-refractivity contribution in [3.05, 3.63) is 66.0 Å². The number of hydrogen-bond acceptors (Lipinski definition) is 3. The lowest BCUT2D eigenvalue weighted by Crippen LogP contribution is -2.28. The Morgan fingerprint density at radius 1 is 1.14 bits per heavy atom. The third kappa shape index (κ3) is 2.82. The van der Waals surface area contributed by atoms with E-state index in [1.54, 1.807) is 0 Å². The van der Waals surface area contributed by atoms with Gasteiger partial charge in [-0.05, 0) is 35.2 Å². The smallest absolute Gasteiger partial charge is 0.0492 e. The molecule has 1 atom stereocenters. The van der Waals surface area contributed by atoms with Gasteiger partial charge in [0.1, 0.15) is 0 Å². The van der Waals surface area contributed by atoms with Crippen LogP contribution in [0.1, 0.15) is 23.7 Å². The molecule has 0 saturated heterocycles. The molecule has 0 aliphatic carbocycles. The predicted octanol–water partition coefficient (Wildman–Crippen LogP) is 2.71. The second-order valence-corrected chi connectivity index (χ2v) is 5.27. The summed E-state index contributed by atoms with van der Waals surface area (Å²) >= 11 is 0. The second kappa shape index (κ2) is 6.08. The molecule has 3 N–H and O–H groups in total. The van der Waals surface area contributed by atoms with Crippen LogP contribution in [0.15, 0.2) is 54.7 Å². The molecule has 1 unspecified atom stereocenters. The van der Waals surface area contributed by atoms with Gasteiger partial charge in [-0.25, -0.2) is 0 Å². The number of fused-ring (bicyclic) bond motifs is 1. The fourth-order valence-corrected chi connectivity index (χ4v) is 2.82. The van der Waals surface area contributed by atoms with E-state index in [0.717, 1.165) is 12.8 Å². The SMILES string of the molecule is Cn1nccc1CCC(NN)c1cccc2ccccc12.